The van der Waals surface area contributed by atoms with Crippen molar-refractivity contribution in [2.24, 2.45) is 0 Å². The second kappa shape index (κ2) is 8.99. The summed E-state index contributed by atoms with van der Waals surface area (Å²) in [5.41, 5.74) is -0.351. The lowest BCUT2D eigenvalue weighted by molar-refractivity contribution is -0.385. The van der Waals surface area contributed by atoms with Crippen LogP contribution in [0.2, 0.25) is 5.02 Å². The Bertz CT molecular complexity index is 1240. The number of benzene rings is 2. The Morgan fingerprint density at radius 3 is 2.66 bits per heavy atom. The fraction of sp³-hybridized carbons (Fsp3) is 0.136. The van der Waals surface area contributed by atoms with Crippen LogP contribution in [0.3, 0.4) is 0 Å². The lowest BCUT2D eigenvalue weighted by Gasteiger charge is -2.17. The molecule has 1 amide bonds. The van der Waals surface area contributed by atoms with E-state index < -0.39 is 22.1 Å². The standard InChI is InChI=1S/C22H16ClFN4O4/c1-22(2,12-25)14-5-3-4-13(8-14)21(29)27-18-10-19(16(23)9-17(18)24)32-20-7-6-15(11-26-20)28(30)31/h3-11H,1-2H3,(H,27,29). The van der Waals surface area contributed by atoms with Crippen molar-refractivity contribution in [1.82, 2.24) is 4.98 Å². The van der Waals surface area contributed by atoms with Gasteiger partial charge in [0.05, 0.1) is 27.1 Å². The number of nitro groups is 1. The van der Waals surface area contributed by atoms with E-state index in [4.69, 9.17) is 16.3 Å². The zero-order valence-corrected chi connectivity index (χ0v) is 17.7. The van der Waals surface area contributed by atoms with Gasteiger partial charge in [-0.05, 0) is 37.6 Å². The maximum atomic E-state index is 14.4. The molecule has 3 rings (SSSR count). The first-order valence-corrected chi connectivity index (χ1v) is 9.59. The Morgan fingerprint density at radius 2 is 2.03 bits per heavy atom. The third-order valence-electron chi connectivity index (χ3n) is 4.54. The average Bonchev–Trinajstić information content (AvgIpc) is 2.77. The van der Waals surface area contributed by atoms with Crippen molar-refractivity contribution in [3.8, 4) is 17.7 Å². The van der Waals surface area contributed by atoms with Crippen molar-refractivity contribution in [2.45, 2.75) is 19.3 Å². The van der Waals surface area contributed by atoms with E-state index in [0.29, 0.717) is 5.56 Å². The van der Waals surface area contributed by atoms with Gasteiger partial charge in [0.2, 0.25) is 5.88 Å². The molecule has 0 bridgehead atoms. The number of nitrogens with one attached hydrogen (secondary N) is 1. The summed E-state index contributed by atoms with van der Waals surface area (Å²) in [6.07, 6.45) is 1.01. The molecule has 0 aliphatic heterocycles. The molecular weight excluding hydrogens is 439 g/mol. The van der Waals surface area contributed by atoms with Gasteiger partial charge in [0.15, 0.2) is 0 Å². The topological polar surface area (TPSA) is 118 Å². The van der Waals surface area contributed by atoms with Crippen LogP contribution in [0.5, 0.6) is 11.6 Å². The first-order chi connectivity index (χ1) is 15.1. The van der Waals surface area contributed by atoms with Gasteiger partial charge < -0.3 is 10.1 Å². The van der Waals surface area contributed by atoms with Gasteiger partial charge in [0, 0.05) is 23.8 Å². The Morgan fingerprint density at radius 1 is 1.28 bits per heavy atom. The Labute approximate surface area is 187 Å². The highest BCUT2D eigenvalue weighted by molar-refractivity contribution is 6.32. The van der Waals surface area contributed by atoms with E-state index in [0.717, 1.165) is 12.3 Å². The highest BCUT2D eigenvalue weighted by Gasteiger charge is 2.21. The number of nitriles is 1. The number of anilines is 1. The van der Waals surface area contributed by atoms with Crippen LogP contribution in [0, 0.1) is 27.3 Å². The molecule has 0 atom stereocenters. The normalized spacial score (nSPS) is 10.8. The van der Waals surface area contributed by atoms with Crippen LogP contribution < -0.4 is 10.1 Å². The van der Waals surface area contributed by atoms with Crippen molar-refractivity contribution >= 4 is 28.9 Å². The molecule has 0 unspecified atom stereocenters. The predicted octanol–water partition coefficient (Wildman–Crippen LogP) is 5.63. The van der Waals surface area contributed by atoms with E-state index in [2.05, 4.69) is 16.4 Å². The van der Waals surface area contributed by atoms with Crippen LogP contribution in [-0.4, -0.2) is 15.8 Å². The number of nitrogens with zero attached hydrogens (tertiary/aromatic N) is 3. The molecule has 162 valence electrons. The molecule has 3 aromatic rings. The second-order valence-electron chi connectivity index (χ2n) is 7.25. The number of carbonyl (C=O) groups is 1. The fourth-order valence-corrected chi connectivity index (χ4v) is 2.85. The third-order valence-corrected chi connectivity index (χ3v) is 4.84. The van der Waals surface area contributed by atoms with Gasteiger partial charge in [-0.25, -0.2) is 9.37 Å². The maximum absolute atomic E-state index is 14.4. The lowest BCUT2D eigenvalue weighted by atomic mass is 9.85. The zero-order valence-electron chi connectivity index (χ0n) is 16.9. The average molecular weight is 455 g/mol. The largest absolute Gasteiger partial charge is 0.437 e. The number of halogens is 2. The minimum atomic E-state index is -0.805. The zero-order chi connectivity index (χ0) is 23.5. The summed E-state index contributed by atoms with van der Waals surface area (Å²) in [5, 5.41) is 22.4. The SMILES string of the molecule is CC(C)(C#N)c1cccc(C(=O)Nc2cc(Oc3ccc([N+](=O)[O-])cn3)c(Cl)cc2F)c1. The van der Waals surface area contributed by atoms with Crippen molar-refractivity contribution in [3.05, 3.63) is 86.8 Å². The van der Waals surface area contributed by atoms with Crippen molar-refractivity contribution in [2.75, 3.05) is 5.32 Å². The van der Waals surface area contributed by atoms with Gasteiger partial charge in [-0.1, -0.05) is 23.7 Å². The number of carbonyl (C=O) groups excluding carboxylic acids is 1. The van der Waals surface area contributed by atoms with E-state index in [-0.39, 0.29) is 33.6 Å². The summed E-state index contributed by atoms with van der Waals surface area (Å²) in [4.78, 5) is 26.6. The first-order valence-electron chi connectivity index (χ1n) is 9.21. The summed E-state index contributed by atoms with van der Waals surface area (Å²) in [6.45, 7) is 3.44. The number of aromatic nitrogens is 1. The number of hydrogen-bond acceptors (Lipinski definition) is 6. The molecule has 0 saturated carbocycles. The number of pyridine rings is 1. The van der Waals surface area contributed by atoms with Crippen molar-refractivity contribution in [3.63, 3.8) is 0 Å². The van der Waals surface area contributed by atoms with Gasteiger partial charge in [-0.2, -0.15) is 5.26 Å². The van der Waals surface area contributed by atoms with Crippen molar-refractivity contribution < 1.29 is 18.8 Å². The van der Waals surface area contributed by atoms with E-state index in [1.807, 2.05) is 0 Å². The summed E-state index contributed by atoms with van der Waals surface area (Å²) in [6, 6.07) is 13.2. The molecule has 0 fully saturated rings. The fourth-order valence-electron chi connectivity index (χ4n) is 2.66. The first kappa shape index (κ1) is 22.7. The molecule has 0 spiro atoms. The van der Waals surface area contributed by atoms with Gasteiger partial charge in [-0.3, -0.25) is 14.9 Å². The van der Waals surface area contributed by atoms with Crippen LogP contribution in [0.1, 0.15) is 29.8 Å². The second-order valence-corrected chi connectivity index (χ2v) is 7.66. The highest BCUT2D eigenvalue weighted by Crippen LogP contribution is 2.34. The molecule has 0 aliphatic rings. The van der Waals surface area contributed by atoms with Crippen LogP contribution in [-0.2, 0) is 5.41 Å². The van der Waals surface area contributed by atoms with E-state index in [1.165, 1.54) is 24.3 Å². The van der Waals surface area contributed by atoms with Gasteiger partial charge in [0.1, 0.15) is 17.8 Å². The summed E-state index contributed by atoms with van der Waals surface area (Å²) >= 11 is 6.03. The van der Waals surface area contributed by atoms with E-state index in [9.17, 15) is 24.6 Å². The Hall–Kier alpha value is -4.03. The molecular formula is C22H16ClFN4O4. The quantitative estimate of drug-likeness (QED) is 0.381. The van der Waals surface area contributed by atoms with Crippen LogP contribution in [0.4, 0.5) is 15.8 Å². The molecule has 0 aliphatic carbocycles. The van der Waals surface area contributed by atoms with Crippen LogP contribution in [0.25, 0.3) is 0 Å². The molecule has 0 radical (unpaired) electrons. The summed E-state index contributed by atoms with van der Waals surface area (Å²) < 4.78 is 19.9. The van der Waals surface area contributed by atoms with Gasteiger partial charge in [-0.15, -0.1) is 0 Å². The van der Waals surface area contributed by atoms with E-state index >= 15 is 0 Å². The Kier molecular flexibility index (Phi) is 6.37. The smallest absolute Gasteiger partial charge is 0.287 e. The highest BCUT2D eigenvalue weighted by atomic mass is 35.5. The van der Waals surface area contributed by atoms with Gasteiger partial charge >= 0.3 is 0 Å². The lowest BCUT2D eigenvalue weighted by Crippen LogP contribution is -2.17. The van der Waals surface area contributed by atoms with Crippen LogP contribution >= 0.6 is 11.6 Å². The summed E-state index contributed by atoms with van der Waals surface area (Å²) in [5.74, 6) is -1.40. The molecule has 1 aromatic heterocycles. The number of ether oxygens (including phenoxy) is 1. The molecule has 8 nitrogen and oxygen atoms in total. The van der Waals surface area contributed by atoms with Crippen LogP contribution in [0.15, 0.2) is 54.7 Å². The monoisotopic (exact) mass is 454 g/mol. The molecule has 0 saturated heterocycles. The number of hydrogen-bond donors (Lipinski definition) is 1. The molecule has 2 aromatic carbocycles. The van der Waals surface area contributed by atoms with E-state index in [1.54, 1.807) is 32.0 Å². The number of amides is 1. The van der Waals surface area contributed by atoms with Crippen molar-refractivity contribution in [1.29, 1.82) is 5.26 Å². The maximum Gasteiger partial charge on any atom is 0.287 e. The Balaban J connectivity index is 1.85. The third kappa shape index (κ3) is 4.99. The minimum absolute atomic E-state index is 0.00665. The molecule has 10 heteroatoms. The molecule has 32 heavy (non-hydrogen) atoms. The minimum Gasteiger partial charge on any atom is -0.437 e. The predicted molar refractivity (Wildman–Crippen MR) is 115 cm³/mol. The molecule has 1 N–H and O–H groups in total. The van der Waals surface area contributed by atoms with Gasteiger partial charge in [0.25, 0.3) is 11.6 Å². The molecule has 1 heterocycles. The summed E-state index contributed by atoms with van der Waals surface area (Å²) in [7, 11) is 0. The number of rotatable bonds is 6.